The van der Waals surface area contributed by atoms with Crippen LogP contribution in [0.3, 0.4) is 0 Å². The Morgan fingerprint density at radius 2 is 1.69 bits per heavy atom. The lowest BCUT2D eigenvalue weighted by molar-refractivity contribution is -0.118. The van der Waals surface area contributed by atoms with Crippen molar-refractivity contribution in [1.29, 1.82) is 0 Å². The van der Waals surface area contributed by atoms with Crippen LogP contribution in [0.2, 0.25) is 19.1 Å². The molecule has 4 N–H and O–H groups in total. The predicted molar refractivity (Wildman–Crippen MR) is 67.9 cm³/mol. The van der Waals surface area contributed by atoms with Crippen LogP contribution in [0.5, 0.6) is 0 Å². The van der Waals surface area contributed by atoms with Crippen molar-refractivity contribution in [3.05, 3.63) is 0 Å². The van der Waals surface area contributed by atoms with Crippen molar-refractivity contribution in [2.75, 3.05) is 13.1 Å². The summed E-state index contributed by atoms with van der Waals surface area (Å²) in [4.78, 5) is 23.2. The highest BCUT2D eigenvalue weighted by Crippen LogP contribution is 2.02. The molecule has 0 fully saturated rings. The fraction of sp³-hybridized carbons (Fsp3) is 0.800. The second kappa shape index (κ2) is 8.15. The van der Waals surface area contributed by atoms with E-state index < -0.39 is 14.8 Å². The molecule has 0 heterocycles. The molecule has 0 rings (SSSR count). The van der Waals surface area contributed by atoms with Crippen LogP contribution in [-0.2, 0) is 4.79 Å². The third-order valence-electron chi connectivity index (χ3n) is 2.37. The van der Waals surface area contributed by atoms with E-state index in [9.17, 15) is 9.59 Å². The minimum Gasteiger partial charge on any atom is -0.370 e. The molecule has 0 aliphatic rings. The van der Waals surface area contributed by atoms with E-state index in [-0.39, 0.29) is 5.91 Å². The topological polar surface area (TPSA) is 89.4 Å². The highest BCUT2D eigenvalue weighted by molar-refractivity contribution is 6.55. The molecule has 0 saturated carbocycles. The first kappa shape index (κ1) is 15.0. The van der Waals surface area contributed by atoms with Crippen LogP contribution in [-0.4, -0.2) is 38.7 Å². The van der Waals surface area contributed by atoms with E-state index in [0.717, 1.165) is 6.42 Å². The largest absolute Gasteiger partial charge is 0.370 e. The summed E-state index contributed by atoms with van der Waals surface area (Å²) >= 11 is 0. The maximum Gasteiger partial charge on any atom is 0.314 e. The molecule has 0 atom stereocenters. The van der Waals surface area contributed by atoms with Gasteiger partial charge in [0.1, 0.15) is 0 Å². The van der Waals surface area contributed by atoms with Crippen molar-refractivity contribution in [3.63, 3.8) is 0 Å². The van der Waals surface area contributed by atoms with Gasteiger partial charge in [-0.3, -0.25) is 4.79 Å². The van der Waals surface area contributed by atoms with Gasteiger partial charge >= 0.3 is 6.03 Å². The minimum atomic E-state index is -0.557. The maximum atomic E-state index is 11.1. The summed E-state index contributed by atoms with van der Waals surface area (Å²) in [5.41, 5.74) is 10.3. The Hall–Kier alpha value is -1.04. The predicted octanol–water partition coefficient (Wildman–Crippen LogP) is 0.509. The van der Waals surface area contributed by atoms with E-state index in [1.807, 2.05) is 0 Å². The third kappa shape index (κ3) is 8.28. The number of nitrogens with zero attached hydrogens (tertiary/aromatic N) is 1. The standard InChI is InChI=1S/C10H23N3O2Si/c1-16(2)8-4-7-13(10(12)15)6-3-5-9(11)14/h16H,3-8H2,1-2H3,(H2,11,14)(H2,12,15). The van der Waals surface area contributed by atoms with Gasteiger partial charge in [-0.2, -0.15) is 0 Å². The Bertz CT molecular complexity index is 234. The molecule has 0 unspecified atom stereocenters. The number of rotatable bonds is 8. The second-order valence-corrected chi connectivity index (χ2v) is 7.80. The van der Waals surface area contributed by atoms with Gasteiger partial charge in [0.15, 0.2) is 0 Å². The number of nitrogens with two attached hydrogens (primary N) is 2. The van der Waals surface area contributed by atoms with Crippen LogP contribution in [0.15, 0.2) is 0 Å². The van der Waals surface area contributed by atoms with E-state index >= 15 is 0 Å². The molecule has 0 spiro atoms. The highest BCUT2D eigenvalue weighted by Gasteiger charge is 2.09. The molecule has 0 radical (unpaired) electrons. The van der Waals surface area contributed by atoms with Gasteiger partial charge in [-0.05, 0) is 12.8 Å². The van der Waals surface area contributed by atoms with Crippen molar-refractivity contribution >= 4 is 20.7 Å². The zero-order valence-corrected chi connectivity index (χ0v) is 11.4. The second-order valence-electron chi connectivity index (χ2n) is 4.43. The molecule has 0 aromatic heterocycles. The van der Waals surface area contributed by atoms with Gasteiger partial charge in [-0.1, -0.05) is 19.1 Å². The van der Waals surface area contributed by atoms with Crippen molar-refractivity contribution in [2.24, 2.45) is 11.5 Å². The average molecular weight is 245 g/mol. The van der Waals surface area contributed by atoms with Crippen molar-refractivity contribution in [2.45, 2.75) is 38.4 Å². The van der Waals surface area contributed by atoms with Crippen LogP contribution in [0.25, 0.3) is 0 Å². The number of carbonyl (C=O) groups excluding carboxylic acids is 2. The monoisotopic (exact) mass is 245 g/mol. The van der Waals surface area contributed by atoms with Gasteiger partial charge in [0.05, 0.1) is 0 Å². The van der Waals surface area contributed by atoms with Gasteiger partial charge in [0.2, 0.25) is 5.91 Å². The summed E-state index contributed by atoms with van der Waals surface area (Å²) in [6.07, 6.45) is 1.91. The van der Waals surface area contributed by atoms with Gasteiger partial charge in [0, 0.05) is 28.3 Å². The molecule has 16 heavy (non-hydrogen) atoms. The molecule has 3 amide bonds. The minimum absolute atomic E-state index is 0.308. The molecule has 0 saturated heterocycles. The van der Waals surface area contributed by atoms with Crippen LogP contribution >= 0.6 is 0 Å². The van der Waals surface area contributed by atoms with Crippen molar-refractivity contribution in [1.82, 2.24) is 4.90 Å². The van der Waals surface area contributed by atoms with E-state index in [1.54, 1.807) is 4.90 Å². The molecule has 0 aromatic rings. The highest BCUT2D eigenvalue weighted by atomic mass is 28.3. The number of carbonyl (C=O) groups is 2. The molecule has 6 heteroatoms. The number of hydrogen-bond acceptors (Lipinski definition) is 2. The SMILES string of the molecule is C[SiH](C)CCCN(CCCC(N)=O)C(N)=O. The summed E-state index contributed by atoms with van der Waals surface area (Å²) in [7, 11) is -0.557. The smallest absolute Gasteiger partial charge is 0.314 e. The quantitative estimate of drug-likeness (QED) is 0.610. The van der Waals surface area contributed by atoms with Gasteiger partial charge in [0.25, 0.3) is 0 Å². The van der Waals surface area contributed by atoms with Crippen LogP contribution in [0.4, 0.5) is 4.79 Å². The van der Waals surface area contributed by atoms with Crippen LogP contribution in [0, 0.1) is 0 Å². The molecule has 94 valence electrons. The Morgan fingerprint density at radius 3 is 2.12 bits per heavy atom. The number of amides is 3. The number of primary amides is 2. The lowest BCUT2D eigenvalue weighted by Gasteiger charge is -2.20. The first-order valence-corrected chi connectivity index (χ1v) is 8.88. The molecule has 0 aliphatic carbocycles. The average Bonchev–Trinajstić information content (AvgIpc) is 2.14. The van der Waals surface area contributed by atoms with Crippen molar-refractivity contribution in [3.8, 4) is 0 Å². The third-order valence-corrected chi connectivity index (χ3v) is 3.94. The zero-order valence-electron chi connectivity index (χ0n) is 10.2. The van der Waals surface area contributed by atoms with E-state index in [4.69, 9.17) is 11.5 Å². The first-order valence-electron chi connectivity index (χ1n) is 5.76. The summed E-state index contributed by atoms with van der Waals surface area (Å²) in [5.74, 6) is -0.334. The Balaban J connectivity index is 3.80. The number of urea groups is 1. The molecule has 0 aromatic carbocycles. The number of hydrogen-bond donors (Lipinski definition) is 2. The summed E-state index contributed by atoms with van der Waals surface area (Å²) in [6.45, 7) is 5.78. The summed E-state index contributed by atoms with van der Waals surface area (Å²) in [5, 5.41) is 0. The van der Waals surface area contributed by atoms with Crippen LogP contribution < -0.4 is 11.5 Å². The first-order chi connectivity index (χ1) is 7.43. The molecule has 5 nitrogen and oxygen atoms in total. The normalized spacial score (nSPS) is 10.4. The van der Waals surface area contributed by atoms with Gasteiger partial charge in [-0.25, -0.2) is 4.79 Å². The molecular formula is C10H23N3O2Si. The van der Waals surface area contributed by atoms with Gasteiger partial charge < -0.3 is 16.4 Å². The summed E-state index contributed by atoms with van der Waals surface area (Å²) < 4.78 is 0. The molecular weight excluding hydrogens is 222 g/mol. The maximum absolute atomic E-state index is 11.1. The van der Waals surface area contributed by atoms with E-state index in [2.05, 4.69) is 13.1 Å². The molecule has 0 bridgehead atoms. The summed E-state index contributed by atoms with van der Waals surface area (Å²) in [6, 6.07) is 0.800. The van der Waals surface area contributed by atoms with E-state index in [0.29, 0.717) is 25.9 Å². The fourth-order valence-corrected chi connectivity index (χ4v) is 2.47. The Kier molecular flexibility index (Phi) is 7.62. The Labute approximate surface area is 98.8 Å². The lowest BCUT2D eigenvalue weighted by atomic mass is 10.3. The molecule has 0 aliphatic heterocycles. The Morgan fingerprint density at radius 1 is 1.12 bits per heavy atom. The lowest BCUT2D eigenvalue weighted by Crippen LogP contribution is -2.37. The fourth-order valence-electron chi connectivity index (χ4n) is 1.47. The van der Waals surface area contributed by atoms with Crippen LogP contribution in [0.1, 0.15) is 19.3 Å². The van der Waals surface area contributed by atoms with Crippen molar-refractivity contribution < 1.29 is 9.59 Å². The zero-order chi connectivity index (χ0) is 12.6. The van der Waals surface area contributed by atoms with E-state index in [1.165, 1.54) is 6.04 Å². The van der Waals surface area contributed by atoms with Gasteiger partial charge in [-0.15, -0.1) is 0 Å².